The summed E-state index contributed by atoms with van der Waals surface area (Å²) < 4.78 is 13.1. The number of hydrogen-bond donors (Lipinski definition) is 2. The number of hydrogen-bond acceptors (Lipinski definition) is 3. The number of nitrogens with two attached hydrogens (primary N) is 1. The molecule has 0 aliphatic carbocycles. The summed E-state index contributed by atoms with van der Waals surface area (Å²) in [4.78, 5) is 1.93. The minimum absolute atomic E-state index is 0.107. The Bertz CT molecular complexity index is 317. The van der Waals surface area contributed by atoms with Crippen molar-refractivity contribution in [3.8, 4) is 0 Å². The van der Waals surface area contributed by atoms with Crippen LogP contribution in [0.5, 0.6) is 0 Å². The zero-order chi connectivity index (χ0) is 11.3. The molecule has 0 radical (unpaired) electrons. The van der Waals surface area contributed by atoms with Crippen molar-refractivity contribution in [1.29, 1.82) is 0 Å². The molecule has 0 aromatic heterocycles. The van der Waals surface area contributed by atoms with Gasteiger partial charge >= 0.3 is 0 Å². The van der Waals surface area contributed by atoms with Crippen LogP contribution in [0, 0.1) is 5.82 Å². The fraction of sp³-hybridized carbons (Fsp3) is 0.455. The van der Waals surface area contributed by atoms with E-state index in [9.17, 15) is 4.39 Å². The normalized spacial score (nSPS) is 11.0. The van der Waals surface area contributed by atoms with Crippen LogP contribution in [0.2, 0.25) is 0 Å². The second-order valence-electron chi connectivity index (χ2n) is 3.63. The summed E-state index contributed by atoms with van der Waals surface area (Å²) in [7, 11) is 1.88. The third-order valence-electron chi connectivity index (χ3n) is 2.19. The summed E-state index contributed by atoms with van der Waals surface area (Å²) >= 11 is 0. The summed E-state index contributed by atoms with van der Waals surface area (Å²) in [6.45, 7) is 1.64. The van der Waals surface area contributed by atoms with Gasteiger partial charge < -0.3 is 10.8 Å². The lowest BCUT2D eigenvalue weighted by atomic mass is 10.1. The predicted octanol–water partition coefficient (Wildman–Crippen LogP) is 0.708. The Balaban J connectivity index is 2.71. The number of likely N-dealkylation sites (N-methyl/N-ethyl adjacent to an activating group) is 1. The van der Waals surface area contributed by atoms with Gasteiger partial charge in [-0.15, -0.1) is 0 Å². The van der Waals surface area contributed by atoms with Gasteiger partial charge in [0.2, 0.25) is 0 Å². The van der Waals surface area contributed by atoms with Crippen LogP contribution in [0.15, 0.2) is 18.2 Å². The molecular formula is C11H17FN2O. The molecule has 15 heavy (non-hydrogen) atoms. The summed E-state index contributed by atoms with van der Waals surface area (Å²) in [6.07, 6.45) is 0. The van der Waals surface area contributed by atoms with Crippen molar-refractivity contribution >= 4 is 0 Å². The van der Waals surface area contributed by atoms with E-state index in [1.165, 1.54) is 12.1 Å². The van der Waals surface area contributed by atoms with Crippen molar-refractivity contribution < 1.29 is 9.50 Å². The van der Waals surface area contributed by atoms with Crippen molar-refractivity contribution in [1.82, 2.24) is 4.90 Å². The number of aliphatic hydroxyl groups is 1. The number of halogens is 1. The molecule has 0 fully saturated rings. The topological polar surface area (TPSA) is 49.5 Å². The van der Waals surface area contributed by atoms with E-state index in [0.29, 0.717) is 19.6 Å². The molecule has 0 saturated carbocycles. The van der Waals surface area contributed by atoms with Gasteiger partial charge in [0.15, 0.2) is 0 Å². The number of aliphatic hydroxyl groups excluding tert-OH is 1. The minimum atomic E-state index is -0.259. The Hall–Kier alpha value is -0.970. The van der Waals surface area contributed by atoms with Gasteiger partial charge in [0.1, 0.15) is 5.82 Å². The maximum absolute atomic E-state index is 13.1. The smallest absolute Gasteiger partial charge is 0.123 e. The lowest BCUT2D eigenvalue weighted by Crippen LogP contribution is -2.21. The van der Waals surface area contributed by atoms with Crippen molar-refractivity contribution in [2.75, 3.05) is 20.2 Å². The average Bonchev–Trinajstić information content (AvgIpc) is 2.17. The van der Waals surface area contributed by atoms with E-state index in [1.807, 2.05) is 18.0 Å². The number of rotatable bonds is 5. The lowest BCUT2D eigenvalue weighted by Gasteiger charge is -2.15. The van der Waals surface area contributed by atoms with E-state index in [-0.39, 0.29) is 12.4 Å². The zero-order valence-electron chi connectivity index (χ0n) is 8.91. The van der Waals surface area contributed by atoms with Crippen LogP contribution >= 0.6 is 0 Å². The van der Waals surface area contributed by atoms with Gasteiger partial charge in [-0.1, -0.05) is 6.07 Å². The van der Waals surface area contributed by atoms with Crippen molar-refractivity contribution in [2.45, 2.75) is 13.1 Å². The number of benzene rings is 1. The first-order valence-corrected chi connectivity index (χ1v) is 4.93. The second-order valence-corrected chi connectivity index (χ2v) is 3.63. The average molecular weight is 212 g/mol. The summed E-state index contributed by atoms with van der Waals surface area (Å²) in [5, 5.41) is 8.73. The first-order chi connectivity index (χ1) is 7.15. The van der Waals surface area contributed by atoms with Gasteiger partial charge in [0, 0.05) is 19.6 Å². The predicted molar refractivity (Wildman–Crippen MR) is 57.7 cm³/mol. The molecule has 3 nitrogen and oxygen atoms in total. The van der Waals surface area contributed by atoms with Crippen molar-refractivity contribution in [3.63, 3.8) is 0 Å². The molecule has 84 valence electrons. The van der Waals surface area contributed by atoms with Crippen LogP contribution in [0.3, 0.4) is 0 Å². The molecule has 0 bridgehead atoms. The third-order valence-corrected chi connectivity index (χ3v) is 2.19. The Morgan fingerprint density at radius 3 is 2.60 bits per heavy atom. The quantitative estimate of drug-likeness (QED) is 0.755. The second kappa shape index (κ2) is 5.80. The summed E-state index contributed by atoms with van der Waals surface area (Å²) in [5.74, 6) is -0.259. The van der Waals surface area contributed by atoms with Crippen molar-refractivity contribution in [3.05, 3.63) is 35.1 Å². The van der Waals surface area contributed by atoms with E-state index in [4.69, 9.17) is 10.8 Å². The van der Waals surface area contributed by atoms with E-state index < -0.39 is 0 Å². The highest BCUT2D eigenvalue weighted by molar-refractivity contribution is 5.24. The molecule has 0 amide bonds. The molecule has 1 rings (SSSR count). The highest BCUT2D eigenvalue weighted by Gasteiger charge is 2.03. The Morgan fingerprint density at radius 2 is 2.00 bits per heavy atom. The van der Waals surface area contributed by atoms with Crippen LogP contribution in [0.1, 0.15) is 11.1 Å². The molecule has 0 aliphatic heterocycles. The molecule has 0 heterocycles. The molecule has 0 aliphatic rings. The van der Waals surface area contributed by atoms with Gasteiger partial charge in [0.25, 0.3) is 0 Å². The van der Waals surface area contributed by atoms with Gasteiger partial charge in [0.05, 0.1) is 6.61 Å². The highest BCUT2D eigenvalue weighted by atomic mass is 19.1. The molecule has 0 unspecified atom stereocenters. The molecule has 0 saturated heterocycles. The monoisotopic (exact) mass is 212 g/mol. The fourth-order valence-electron chi connectivity index (χ4n) is 1.49. The molecule has 1 aromatic carbocycles. The number of nitrogens with zero attached hydrogens (tertiary/aromatic N) is 1. The molecule has 0 spiro atoms. The van der Waals surface area contributed by atoms with Crippen molar-refractivity contribution in [2.24, 2.45) is 5.73 Å². The van der Waals surface area contributed by atoms with Crippen LogP contribution in [-0.2, 0) is 13.1 Å². The summed E-state index contributed by atoms with van der Waals surface area (Å²) in [6, 6.07) is 4.82. The first kappa shape index (κ1) is 12.1. The Labute approximate surface area is 89.3 Å². The molecule has 1 aromatic rings. The lowest BCUT2D eigenvalue weighted by molar-refractivity contribution is 0.217. The Kier molecular flexibility index (Phi) is 4.68. The van der Waals surface area contributed by atoms with Gasteiger partial charge in [-0.05, 0) is 30.3 Å². The Morgan fingerprint density at radius 1 is 1.33 bits per heavy atom. The van der Waals surface area contributed by atoms with Crippen LogP contribution in [-0.4, -0.2) is 30.2 Å². The van der Waals surface area contributed by atoms with Crippen LogP contribution < -0.4 is 5.73 Å². The zero-order valence-corrected chi connectivity index (χ0v) is 8.91. The van der Waals surface area contributed by atoms with E-state index >= 15 is 0 Å². The summed E-state index contributed by atoms with van der Waals surface area (Å²) in [5.41, 5.74) is 7.13. The first-order valence-electron chi connectivity index (χ1n) is 4.93. The van der Waals surface area contributed by atoms with E-state index in [0.717, 1.165) is 11.1 Å². The highest BCUT2D eigenvalue weighted by Crippen LogP contribution is 2.10. The maximum atomic E-state index is 13.1. The van der Waals surface area contributed by atoms with Gasteiger partial charge in [-0.25, -0.2) is 4.39 Å². The van der Waals surface area contributed by atoms with Gasteiger partial charge in [-0.2, -0.15) is 0 Å². The van der Waals surface area contributed by atoms with Crippen LogP contribution in [0.25, 0.3) is 0 Å². The maximum Gasteiger partial charge on any atom is 0.123 e. The van der Waals surface area contributed by atoms with E-state index in [2.05, 4.69) is 0 Å². The molecule has 3 N–H and O–H groups in total. The SMILES string of the molecule is CN(CCO)Cc1cc(F)cc(CN)c1. The standard InChI is InChI=1S/C11H17FN2O/c1-14(2-3-15)8-10-4-9(7-13)5-11(12)6-10/h4-6,15H,2-3,7-8,13H2,1H3. The molecular weight excluding hydrogens is 195 g/mol. The van der Waals surface area contributed by atoms with Crippen LogP contribution in [0.4, 0.5) is 4.39 Å². The fourth-order valence-corrected chi connectivity index (χ4v) is 1.49. The minimum Gasteiger partial charge on any atom is -0.395 e. The molecule has 4 heteroatoms. The molecule has 0 atom stereocenters. The largest absolute Gasteiger partial charge is 0.395 e. The third kappa shape index (κ3) is 3.95. The van der Waals surface area contributed by atoms with Gasteiger partial charge in [-0.3, -0.25) is 4.90 Å². The van der Waals surface area contributed by atoms with E-state index in [1.54, 1.807) is 0 Å².